The van der Waals surface area contributed by atoms with Gasteiger partial charge in [0.15, 0.2) is 0 Å². The van der Waals surface area contributed by atoms with E-state index in [1.54, 1.807) is 31.2 Å². The predicted molar refractivity (Wildman–Crippen MR) is 110 cm³/mol. The second-order valence-corrected chi connectivity index (χ2v) is 6.62. The van der Waals surface area contributed by atoms with Crippen LogP contribution in [0, 0.1) is 6.92 Å². The quantitative estimate of drug-likeness (QED) is 0.386. The van der Waals surface area contributed by atoms with Crippen LogP contribution in [-0.2, 0) is 4.84 Å². The van der Waals surface area contributed by atoms with Gasteiger partial charge in [0.2, 0.25) is 5.43 Å². The van der Waals surface area contributed by atoms with Gasteiger partial charge in [0.1, 0.15) is 29.4 Å². The second kappa shape index (κ2) is 9.13. The number of benzene rings is 2. The van der Waals surface area contributed by atoms with Gasteiger partial charge in [0.05, 0.1) is 17.5 Å². The molecule has 0 aliphatic rings. The van der Waals surface area contributed by atoms with Crippen molar-refractivity contribution in [3.05, 3.63) is 75.2 Å². The third-order valence-corrected chi connectivity index (χ3v) is 4.53. The highest BCUT2D eigenvalue weighted by molar-refractivity contribution is 6.31. The molecule has 0 aliphatic carbocycles. The molecular weight excluding hydrogens is 437 g/mol. The lowest BCUT2D eigenvalue weighted by atomic mass is 10.0. The Balaban J connectivity index is 1.85. The largest absolute Gasteiger partial charge is 0.573 e. The zero-order valence-corrected chi connectivity index (χ0v) is 17.0. The molecule has 162 valence electrons. The van der Waals surface area contributed by atoms with Crippen LogP contribution in [-0.4, -0.2) is 24.7 Å². The van der Waals surface area contributed by atoms with E-state index < -0.39 is 6.36 Å². The fraction of sp³-hybridized carbons (Fsp3) is 0.143. The summed E-state index contributed by atoms with van der Waals surface area (Å²) in [6, 6.07) is 11.5. The molecule has 0 fully saturated rings. The topological polar surface area (TPSA) is 72.9 Å². The summed E-state index contributed by atoms with van der Waals surface area (Å²) in [5.41, 5.74) is 1.40. The van der Waals surface area contributed by atoms with Gasteiger partial charge in [-0.25, -0.2) is 0 Å². The number of nitrogens with one attached hydrogen (secondary N) is 1. The number of oxime groups is 1. The third-order valence-electron chi connectivity index (χ3n) is 4.07. The fourth-order valence-electron chi connectivity index (χ4n) is 2.75. The molecule has 0 spiro atoms. The number of alkyl halides is 3. The first kappa shape index (κ1) is 22.2. The number of ether oxygens (including phenoxy) is 2. The highest BCUT2D eigenvalue weighted by Crippen LogP contribution is 2.29. The van der Waals surface area contributed by atoms with Crippen molar-refractivity contribution in [1.29, 1.82) is 0 Å². The van der Waals surface area contributed by atoms with E-state index >= 15 is 0 Å². The van der Waals surface area contributed by atoms with Crippen molar-refractivity contribution in [1.82, 2.24) is 4.98 Å². The Morgan fingerprint density at radius 1 is 1.00 bits per heavy atom. The lowest BCUT2D eigenvalue weighted by Gasteiger charge is -2.11. The average molecular weight is 453 g/mol. The monoisotopic (exact) mass is 452 g/mol. The maximum absolute atomic E-state index is 12.7. The van der Waals surface area contributed by atoms with Gasteiger partial charge >= 0.3 is 6.36 Å². The summed E-state index contributed by atoms with van der Waals surface area (Å²) >= 11 is 6.11. The normalized spacial score (nSPS) is 11.5. The van der Waals surface area contributed by atoms with Crippen LogP contribution in [0.25, 0.3) is 11.1 Å². The van der Waals surface area contributed by atoms with Crippen LogP contribution in [0.1, 0.15) is 11.4 Å². The molecule has 0 radical (unpaired) electrons. The highest BCUT2D eigenvalue weighted by atomic mass is 35.5. The van der Waals surface area contributed by atoms with E-state index in [4.69, 9.17) is 21.2 Å². The first-order valence-electron chi connectivity index (χ1n) is 8.81. The van der Waals surface area contributed by atoms with Crippen molar-refractivity contribution < 1.29 is 27.5 Å². The molecule has 0 aliphatic heterocycles. The van der Waals surface area contributed by atoms with Crippen molar-refractivity contribution in [2.75, 3.05) is 7.11 Å². The molecule has 1 N–H and O–H groups in total. The SMILES string of the molecule is CO/N=C/c1[nH]c(C)c(Cl)c(=O)c1-c1ccc(Oc2ccc(OC(F)(F)F)cc2)cc1. The standard InChI is InChI=1S/C21H16ClF3N2O4/c1-12-19(22)20(28)18(17(27-12)11-26-29-2)13-3-5-14(6-4-13)30-15-7-9-16(10-8-15)31-21(23,24)25/h3-11H,1-2H3,(H,27,28)/b26-11+. The number of halogens is 4. The molecular formula is C21H16ClF3N2O4. The van der Waals surface area contributed by atoms with Crippen LogP contribution in [0.3, 0.4) is 0 Å². The van der Waals surface area contributed by atoms with Crippen LogP contribution in [0.2, 0.25) is 5.02 Å². The number of hydrogen-bond acceptors (Lipinski definition) is 5. The van der Waals surface area contributed by atoms with Crippen molar-refractivity contribution >= 4 is 17.8 Å². The van der Waals surface area contributed by atoms with Gasteiger partial charge in [-0.3, -0.25) is 4.79 Å². The van der Waals surface area contributed by atoms with E-state index in [0.717, 1.165) is 12.1 Å². The average Bonchev–Trinajstić information content (AvgIpc) is 2.72. The summed E-state index contributed by atoms with van der Waals surface area (Å²) in [7, 11) is 1.38. The smallest absolute Gasteiger partial charge is 0.457 e. The number of H-pyrrole nitrogens is 1. The van der Waals surface area contributed by atoms with E-state index in [1.165, 1.54) is 25.5 Å². The molecule has 0 bridgehead atoms. The Morgan fingerprint density at radius 2 is 1.55 bits per heavy atom. The van der Waals surface area contributed by atoms with Gasteiger partial charge in [-0.2, -0.15) is 0 Å². The Morgan fingerprint density at radius 3 is 2.10 bits per heavy atom. The second-order valence-electron chi connectivity index (χ2n) is 6.24. The Kier molecular flexibility index (Phi) is 6.55. The lowest BCUT2D eigenvalue weighted by molar-refractivity contribution is -0.274. The number of rotatable bonds is 6. The first-order chi connectivity index (χ1) is 14.7. The molecule has 3 aromatic rings. The summed E-state index contributed by atoms with van der Waals surface area (Å²) in [4.78, 5) is 20.4. The number of nitrogens with zero attached hydrogens (tertiary/aromatic N) is 1. The van der Waals surface area contributed by atoms with Crippen LogP contribution in [0.15, 0.2) is 58.5 Å². The molecule has 0 amide bonds. The van der Waals surface area contributed by atoms with Crippen LogP contribution < -0.4 is 14.9 Å². The van der Waals surface area contributed by atoms with Gasteiger partial charge in [-0.1, -0.05) is 28.9 Å². The van der Waals surface area contributed by atoms with Crippen molar-refractivity contribution in [3.63, 3.8) is 0 Å². The maximum atomic E-state index is 12.7. The van der Waals surface area contributed by atoms with E-state index in [-0.39, 0.29) is 16.2 Å². The molecule has 2 aromatic carbocycles. The van der Waals surface area contributed by atoms with Crippen LogP contribution >= 0.6 is 11.6 Å². The number of aryl methyl sites for hydroxylation is 1. The molecule has 0 unspecified atom stereocenters. The van der Waals surface area contributed by atoms with Gasteiger partial charge in [0, 0.05) is 5.69 Å². The summed E-state index contributed by atoms with van der Waals surface area (Å²) in [5.74, 6) is 0.373. The summed E-state index contributed by atoms with van der Waals surface area (Å²) in [6.45, 7) is 1.67. The molecule has 10 heteroatoms. The molecule has 31 heavy (non-hydrogen) atoms. The minimum Gasteiger partial charge on any atom is -0.457 e. The van der Waals surface area contributed by atoms with E-state index in [0.29, 0.717) is 34.0 Å². The van der Waals surface area contributed by atoms with Gasteiger partial charge in [-0.05, 0) is 48.9 Å². The Bertz CT molecular complexity index is 1140. The maximum Gasteiger partial charge on any atom is 0.573 e. The molecule has 0 saturated carbocycles. The van der Waals surface area contributed by atoms with E-state index in [9.17, 15) is 18.0 Å². The summed E-state index contributed by atoms with van der Waals surface area (Å²) < 4.78 is 46.2. The van der Waals surface area contributed by atoms with E-state index in [2.05, 4.69) is 14.9 Å². The zero-order valence-electron chi connectivity index (χ0n) is 16.3. The number of aromatic nitrogens is 1. The van der Waals surface area contributed by atoms with E-state index in [1.807, 2.05) is 0 Å². The number of hydrogen-bond donors (Lipinski definition) is 1. The summed E-state index contributed by atoms with van der Waals surface area (Å²) in [5, 5.41) is 3.76. The third kappa shape index (κ3) is 5.58. The number of pyridine rings is 1. The molecule has 0 saturated heterocycles. The molecule has 0 atom stereocenters. The van der Waals surface area contributed by atoms with Crippen molar-refractivity contribution in [3.8, 4) is 28.4 Å². The van der Waals surface area contributed by atoms with Crippen LogP contribution in [0.5, 0.6) is 17.2 Å². The van der Waals surface area contributed by atoms with Gasteiger partial charge in [0.25, 0.3) is 0 Å². The lowest BCUT2D eigenvalue weighted by Crippen LogP contribution is -2.16. The Labute approximate surface area is 179 Å². The first-order valence-corrected chi connectivity index (χ1v) is 9.18. The fourth-order valence-corrected chi connectivity index (χ4v) is 2.89. The highest BCUT2D eigenvalue weighted by Gasteiger charge is 2.31. The zero-order chi connectivity index (χ0) is 22.6. The predicted octanol–water partition coefficient (Wildman–Crippen LogP) is 5.67. The molecule has 1 heterocycles. The number of aromatic amines is 1. The van der Waals surface area contributed by atoms with Crippen LogP contribution in [0.4, 0.5) is 13.2 Å². The minimum atomic E-state index is -4.76. The molecule has 1 aromatic heterocycles. The minimum absolute atomic E-state index is 0.0612. The van der Waals surface area contributed by atoms with Gasteiger partial charge in [-0.15, -0.1) is 13.2 Å². The van der Waals surface area contributed by atoms with Gasteiger partial charge < -0.3 is 19.3 Å². The molecule has 6 nitrogen and oxygen atoms in total. The van der Waals surface area contributed by atoms with Crippen molar-refractivity contribution in [2.45, 2.75) is 13.3 Å². The molecule has 3 rings (SSSR count). The van der Waals surface area contributed by atoms with Crippen molar-refractivity contribution in [2.24, 2.45) is 5.16 Å². The Hall–Kier alpha value is -3.46. The summed E-state index contributed by atoms with van der Waals surface area (Å²) in [6.07, 6.45) is -3.39.